The lowest BCUT2D eigenvalue weighted by atomic mass is 9.90. The highest BCUT2D eigenvalue weighted by Crippen LogP contribution is 2.31. The number of amidine groups is 1. The summed E-state index contributed by atoms with van der Waals surface area (Å²) in [6.07, 6.45) is 12.3. The van der Waals surface area contributed by atoms with E-state index >= 15 is 0 Å². The van der Waals surface area contributed by atoms with Gasteiger partial charge in [0.1, 0.15) is 0 Å². The Morgan fingerprint density at radius 3 is 2.29 bits per heavy atom. The Bertz CT molecular complexity index is 294. The normalized spacial score (nSPS) is 18.9. The Morgan fingerprint density at radius 2 is 1.67 bits per heavy atom. The molecule has 1 N–H and O–H groups in total. The van der Waals surface area contributed by atoms with Crippen molar-refractivity contribution in [1.29, 1.82) is 0 Å². The van der Waals surface area contributed by atoms with Gasteiger partial charge >= 0.3 is 0 Å². The zero-order chi connectivity index (χ0) is 15.6. The molecule has 0 aromatic carbocycles. The van der Waals surface area contributed by atoms with Gasteiger partial charge in [0.2, 0.25) is 0 Å². The summed E-state index contributed by atoms with van der Waals surface area (Å²) in [5, 5.41) is 5.39. The van der Waals surface area contributed by atoms with E-state index < -0.39 is 0 Å². The molecule has 1 heterocycles. The summed E-state index contributed by atoms with van der Waals surface area (Å²) in [6, 6.07) is 0. The molecule has 0 spiro atoms. The lowest BCUT2D eigenvalue weighted by Gasteiger charge is -2.21. The van der Waals surface area contributed by atoms with Crippen molar-refractivity contribution in [2.75, 3.05) is 13.1 Å². The molecule has 0 bridgehead atoms. The van der Waals surface area contributed by atoms with Gasteiger partial charge in [-0.2, -0.15) is 0 Å². The van der Waals surface area contributed by atoms with Gasteiger partial charge in [-0.15, -0.1) is 0 Å². The summed E-state index contributed by atoms with van der Waals surface area (Å²) in [5.41, 5.74) is 0.417. The topological polar surface area (TPSA) is 24.4 Å². The number of aliphatic imine (C=N–C) groups is 1. The zero-order valence-electron chi connectivity index (χ0n) is 14.7. The van der Waals surface area contributed by atoms with Gasteiger partial charge < -0.3 is 5.32 Å². The third-order valence-electron chi connectivity index (χ3n) is 3.86. The lowest BCUT2D eigenvalue weighted by Crippen LogP contribution is -2.21. The molecule has 1 unspecified atom stereocenters. The molecule has 21 heavy (non-hydrogen) atoms. The van der Waals surface area contributed by atoms with E-state index in [0.29, 0.717) is 10.7 Å². The Labute approximate surface area is 137 Å². The van der Waals surface area contributed by atoms with Gasteiger partial charge in [0, 0.05) is 11.8 Å². The number of hydrogen-bond donors (Lipinski definition) is 1. The highest BCUT2D eigenvalue weighted by molar-refractivity contribution is 8.14. The Balaban J connectivity index is 1.92. The van der Waals surface area contributed by atoms with E-state index in [0.717, 1.165) is 13.1 Å². The van der Waals surface area contributed by atoms with Crippen molar-refractivity contribution in [1.82, 2.24) is 5.32 Å². The molecule has 0 aromatic heterocycles. The SMILES string of the molecule is CCCCCCCCCCNC1=NCC(CC(C)(C)C)S1. The van der Waals surface area contributed by atoms with Crippen LogP contribution in [0.15, 0.2) is 4.99 Å². The highest BCUT2D eigenvalue weighted by atomic mass is 32.2. The van der Waals surface area contributed by atoms with Gasteiger partial charge in [0.05, 0.1) is 6.54 Å². The van der Waals surface area contributed by atoms with Gasteiger partial charge in [-0.1, -0.05) is 84.4 Å². The van der Waals surface area contributed by atoms with Crippen molar-refractivity contribution in [3.05, 3.63) is 0 Å². The third kappa shape index (κ3) is 10.2. The van der Waals surface area contributed by atoms with Crippen LogP contribution in [0.5, 0.6) is 0 Å². The van der Waals surface area contributed by atoms with Crippen LogP contribution in [0.1, 0.15) is 85.5 Å². The van der Waals surface area contributed by atoms with E-state index in [4.69, 9.17) is 0 Å². The monoisotopic (exact) mass is 312 g/mol. The second-order valence-corrected chi connectivity index (χ2v) is 8.84. The number of thioether (sulfide) groups is 1. The molecule has 124 valence electrons. The van der Waals surface area contributed by atoms with Crippen molar-refractivity contribution in [2.24, 2.45) is 10.4 Å². The van der Waals surface area contributed by atoms with E-state index in [1.807, 2.05) is 11.8 Å². The van der Waals surface area contributed by atoms with Crippen LogP contribution in [0, 0.1) is 5.41 Å². The van der Waals surface area contributed by atoms with Crippen LogP contribution in [-0.2, 0) is 0 Å². The Morgan fingerprint density at radius 1 is 1.05 bits per heavy atom. The zero-order valence-corrected chi connectivity index (χ0v) is 15.5. The number of nitrogens with zero attached hydrogens (tertiary/aromatic N) is 1. The van der Waals surface area contributed by atoms with Crippen molar-refractivity contribution >= 4 is 16.9 Å². The standard InChI is InChI=1S/C18H36N2S/c1-5-6-7-8-9-10-11-12-13-19-17-20-15-16(21-17)14-18(2,3)4/h16H,5-15H2,1-4H3,(H,19,20). The first-order chi connectivity index (χ1) is 10.0. The van der Waals surface area contributed by atoms with E-state index in [-0.39, 0.29) is 0 Å². The molecule has 1 aliphatic heterocycles. The first-order valence-corrected chi connectivity index (χ1v) is 9.84. The van der Waals surface area contributed by atoms with Gasteiger partial charge in [-0.3, -0.25) is 4.99 Å². The fourth-order valence-corrected chi connectivity index (χ4v) is 4.14. The minimum Gasteiger partial charge on any atom is -0.365 e. The maximum absolute atomic E-state index is 4.64. The van der Waals surface area contributed by atoms with Crippen molar-refractivity contribution in [2.45, 2.75) is 90.7 Å². The number of unbranched alkanes of at least 4 members (excludes halogenated alkanes) is 7. The van der Waals surface area contributed by atoms with E-state index in [2.05, 4.69) is 38.0 Å². The van der Waals surface area contributed by atoms with E-state index in [1.54, 1.807) is 0 Å². The van der Waals surface area contributed by atoms with Crippen LogP contribution in [-0.4, -0.2) is 23.5 Å². The molecule has 0 saturated heterocycles. The van der Waals surface area contributed by atoms with Gasteiger partial charge in [-0.05, 0) is 18.3 Å². The van der Waals surface area contributed by atoms with Crippen LogP contribution in [0.25, 0.3) is 0 Å². The second kappa shape index (κ2) is 10.5. The predicted octanol–water partition coefficient (Wildman–Crippen LogP) is 5.62. The number of rotatable bonds is 10. The summed E-state index contributed by atoms with van der Waals surface area (Å²) < 4.78 is 0. The molecule has 1 atom stereocenters. The average Bonchev–Trinajstić information content (AvgIpc) is 2.82. The van der Waals surface area contributed by atoms with Crippen LogP contribution in [0.3, 0.4) is 0 Å². The highest BCUT2D eigenvalue weighted by Gasteiger charge is 2.24. The molecule has 2 nitrogen and oxygen atoms in total. The molecule has 0 aliphatic carbocycles. The third-order valence-corrected chi connectivity index (χ3v) is 5.01. The molecular formula is C18H36N2S. The maximum Gasteiger partial charge on any atom is 0.156 e. The minimum atomic E-state index is 0.417. The fourth-order valence-electron chi connectivity index (χ4n) is 2.76. The quantitative estimate of drug-likeness (QED) is 0.529. The molecule has 0 aromatic rings. The van der Waals surface area contributed by atoms with Crippen LogP contribution < -0.4 is 5.32 Å². The summed E-state index contributed by atoms with van der Waals surface area (Å²) in [4.78, 5) is 4.64. The molecule has 1 rings (SSSR count). The number of nitrogens with one attached hydrogen (secondary N) is 1. The average molecular weight is 313 g/mol. The van der Waals surface area contributed by atoms with Crippen molar-refractivity contribution < 1.29 is 0 Å². The molecule has 0 saturated carbocycles. The molecule has 0 amide bonds. The van der Waals surface area contributed by atoms with Crippen LogP contribution >= 0.6 is 11.8 Å². The van der Waals surface area contributed by atoms with E-state index in [9.17, 15) is 0 Å². The summed E-state index contributed by atoms with van der Waals surface area (Å²) in [7, 11) is 0. The maximum atomic E-state index is 4.64. The number of hydrogen-bond acceptors (Lipinski definition) is 3. The molecule has 1 aliphatic rings. The van der Waals surface area contributed by atoms with Gasteiger partial charge in [-0.25, -0.2) is 0 Å². The lowest BCUT2D eigenvalue weighted by molar-refractivity contribution is 0.375. The fraction of sp³-hybridized carbons (Fsp3) is 0.944. The smallest absolute Gasteiger partial charge is 0.156 e. The summed E-state index contributed by atoms with van der Waals surface area (Å²) in [5.74, 6) is 0. The van der Waals surface area contributed by atoms with Crippen molar-refractivity contribution in [3.63, 3.8) is 0 Å². The molecular weight excluding hydrogens is 276 g/mol. The minimum absolute atomic E-state index is 0.417. The van der Waals surface area contributed by atoms with Gasteiger partial charge in [0.25, 0.3) is 0 Å². The van der Waals surface area contributed by atoms with E-state index in [1.165, 1.54) is 63.0 Å². The first kappa shape index (κ1) is 18.9. The van der Waals surface area contributed by atoms with Gasteiger partial charge in [0.15, 0.2) is 5.17 Å². The molecule has 3 heteroatoms. The van der Waals surface area contributed by atoms with Crippen molar-refractivity contribution in [3.8, 4) is 0 Å². The second-order valence-electron chi connectivity index (χ2n) is 7.55. The van der Waals surface area contributed by atoms with Crippen LogP contribution in [0.2, 0.25) is 0 Å². The predicted molar refractivity (Wildman–Crippen MR) is 98.4 cm³/mol. The molecule has 0 fully saturated rings. The molecule has 0 radical (unpaired) electrons. The summed E-state index contributed by atoms with van der Waals surface area (Å²) >= 11 is 1.95. The Kier molecular flexibility index (Phi) is 9.46. The largest absolute Gasteiger partial charge is 0.365 e. The first-order valence-electron chi connectivity index (χ1n) is 8.96. The van der Waals surface area contributed by atoms with Crippen LogP contribution in [0.4, 0.5) is 0 Å². The summed E-state index contributed by atoms with van der Waals surface area (Å²) in [6.45, 7) is 11.3. The Hall–Kier alpha value is -0.180.